The number of aliphatic carboxylic acids is 1. The molecule has 6 rings (SSSR count). The van der Waals surface area contributed by atoms with Crippen LogP contribution in [0.3, 0.4) is 0 Å². The molecular formula is C59H78Cl3N3O16. The average Bonchev–Trinajstić information content (AvgIpc) is 2.71. The number of anilines is 2. The van der Waals surface area contributed by atoms with Crippen LogP contribution in [0.2, 0.25) is 10.0 Å². The van der Waals surface area contributed by atoms with E-state index in [0.29, 0.717) is 158 Å². The summed E-state index contributed by atoms with van der Waals surface area (Å²) in [7, 11) is 3.22. The van der Waals surface area contributed by atoms with E-state index in [9.17, 15) is 24.6 Å². The van der Waals surface area contributed by atoms with E-state index in [1.165, 1.54) is 0 Å². The van der Waals surface area contributed by atoms with Crippen molar-refractivity contribution in [3.63, 3.8) is 0 Å². The van der Waals surface area contributed by atoms with Crippen molar-refractivity contribution < 1.29 is 71.6 Å². The minimum atomic E-state index is -1.08. The molecule has 22 heteroatoms. The summed E-state index contributed by atoms with van der Waals surface area (Å²) in [5.74, 6) is 0.284. The maximum Gasteiger partial charge on any atom is 0.303 e. The van der Waals surface area contributed by atoms with Crippen LogP contribution in [0.4, 0.5) is 11.4 Å². The number of carbonyl (C=O) groups excluding carboxylic acids is 1. The number of phenols is 1. The molecule has 0 saturated carbocycles. The molecule has 3 aromatic rings. The van der Waals surface area contributed by atoms with Crippen LogP contribution in [0, 0.1) is 0 Å². The summed E-state index contributed by atoms with van der Waals surface area (Å²) in [4.78, 5) is 42.8. The molecule has 3 N–H and O–H groups in total. The van der Waals surface area contributed by atoms with Crippen molar-refractivity contribution in [2.75, 3.05) is 168 Å². The van der Waals surface area contributed by atoms with Gasteiger partial charge >= 0.3 is 5.97 Å². The number of aryl methyl sites for hydroxylation is 2. The number of phenolic OH excluding ortho intramolecular Hbond substituents is 1. The van der Waals surface area contributed by atoms with Gasteiger partial charge in [-0.1, -0.05) is 54.2 Å². The fraction of sp³-hybridized carbons (Fsp3) is 0.542. The SMILES string of the molecule is COc1ccccc1N1CCOCCOCCN(c2ccc(-c3c4cc(CCC(=O)O)c(=O)c(Cl)c-4oc4c(Cl)c(O)c(CCC(=O)NCCOCCOCCOCCOCCOCCCCCCCl)cc34)cc2OC)CCOCC1. The first-order valence-corrected chi connectivity index (χ1v) is 28.9. The summed E-state index contributed by atoms with van der Waals surface area (Å²) >= 11 is 19.4. The van der Waals surface area contributed by atoms with Crippen molar-refractivity contribution >= 4 is 69.0 Å². The fourth-order valence-electron chi connectivity index (χ4n) is 9.14. The van der Waals surface area contributed by atoms with Gasteiger partial charge < -0.3 is 77.1 Å². The molecule has 0 bridgehead atoms. The van der Waals surface area contributed by atoms with Gasteiger partial charge in [-0.2, -0.15) is 0 Å². The lowest BCUT2D eigenvalue weighted by atomic mass is 9.90. The van der Waals surface area contributed by atoms with Crippen molar-refractivity contribution in [1.82, 2.24) is 5.32 Å². The van der Waals surface area contributed by atoms with Gasteiger partial charge in [-0.25, -0.2) is 0 Å². The minimum absolute atomic E-state index is 0.00326. The van der Waals surface area contributed by atoms with Gasteiger partial charge in [0.1, 0.15) is 27.3 Å². The summed E-state index contributed by atoms with van der Waals surface area (Å²) < 4.78 is 64.2. The average molecular weight is 1190 g/mol. The van der Waals surface area contributed by atoms with Gasteiger partial charge in [0.15, 0.2) is 11.3 Å². The number of carboxylic acids is 1. The Labute approximate surface area is 489 Å². The van der Waals surface area contributed by atoms with Crippen LogP contribution in [0.25, 0.3) is 33.4 Å². The molecule has 1 saturated heterocycles. The van der Waals surface area contributed by atoms with E-state index in [4.69, 9.17) is 86.6 Å². The quantitative estimate of drug-likeness (QED) is 0.0208. The predicted molar refractivity (Wildman–Crippen MR) is 313 cm³/mol. The van der Waals surface area contributed by atoms with E-state index in [2.05, 4.69) is 15.1 Å². The van der Waals surface area contributed by atoms with Crippen LogP contribution in [0.1, 0.15) is 49.7 Å². The van der Waals surface area contributed by atoms with Crippen molar-refractivity contribution in [3.8, 4) is 39.7 Å². The third kappa shape index (κ3) is 20.6. The Bertz CT molecular complexity index is 2730. The standard InChI is InChI=1S/C59H78Cl3N3O16/c1-71-49-10-6-5-9-47(49)64-19-25-75-26-20-65(22-28-77-32-31-76-27-21-64)48-14-11-42(41-50(48)72-2)53-45-39-43(56(69)54(61)58(45)81-59-46(53)40-44(13-16-52(67)68)57(70)55(59)62)12-15-51(66)63-18-24-74-30-34-79-36-38-80-37-35-78-33-29-73-23-8-4-3-7-17-60/h5-6,9-11,14,39-41,69H,3-4,7-8,12-13,15-38H2,1-2H3,(H,63,66)(H,67,68). The number of hydrogen-bond acceptors (Lipinski definition) is 17. The van der Waals surface area contributed by atoms with E-state index in [1.54, 1.807) is 26.4 Å². The molecule has 81 heavy (non-hydrogen) atoms. The molecule has 0 unspecified atom stereocenters. The number of nitrogens with one attached hydrogen (secondary N) is 1. The number of halogens is 3. The summed E-state index contributed by atoms with van der Waals surface area (Å²) in [6, 6.07) is 16.8. The minimum Gasteiger partial charge on any atom is -0.506 e. The number of amides is 1. The van der Waals surface area contributed by atoms with Gasteiger partial charge in [-0.15, -0.1) is 11.6 Å². The first-order chi connectivity index (χ1) is 39.6. The first-order valence-electron chi connectivity index (χ1n) is 27.7. The van der Waals surface area contributed by atoms with E-state index < -0.39 is 11.4 Å². The van der Waals surface area contributed by atoms with Crippen molar-refractivity contribution in [3.05, 3.63) is 86.0 Å². The largest absolute Gasteiger partial charge is 0.506 e. The van der Waals surface area contributed by atoms with Crippen molar-refractivity contribution in [2.45, 2.75) is 51.4 Å². The Hall–Kier alpha value is -5.16. The van der Waals surface area contributed by atoms with E-state index in [1.807, 2.05) is 42.5 Å². The number of ether oxygens (including phenoxy) is 10. The summed E-state index contributed by atoms with van der Waals surface area (Å²) in [6.07, 6.45) is 4.01. The van der Waals surface area contributed by atoms with E-state index >= 15 is 0 Å². The second kappa shape index (κ2) is 36.4. The van der Waals surface area contributed by atoms with Gasteiger partial charge in [0.05, 0.1) is 125 Å². The smallest absolute Gasteiger partial charge is 0.303 e. The topological polar surface area (TPSA) is 216 Å². The molecule has 3 aromatic carbocycles. The fourth-order valence-corrected chi connectivity index (χ4v) is 9.85. The molecule has 1 fully saturated rings. The van der Waals surface area contributed by atoms with Crippen LogP contribution in [-0.2, 0) is 60.3 Å². The van der Waals surface area contributed by atoms with Crippen LogP contribution >= 0.6 is 34.8 Å². The maximum absolute atomic E-state index is 13.6. The number of unbranched alkanes of at least 4 members (excludes halogenated alkanes) is 3. The number of nitrogens with zero attached hydrogens (tertiary/aromatic N) is 2. The van der Waals surface area contributed by atoms with Crippen LogP contribution < -0.4 is 30.0 Å². The summed E-state index contributed by atoms with van der Waals surface area (Å²) in [6.45, 7) is 9.56. The number of carboxylic acid groups (broad SMARTS) is 1. The van der Waals surface area contributed by atoms with E-state index in [-0.39, 0.29) is 77.4 Å². The lowest BCUT2D eigenvalue weighted by molar-refractivity contribution is -0.137. The lowest BCUT2D eigenvalue weighted by Crippen LogP contribution is -2.33. The molecule has 2 heterocycles. The van der Waals surface area contributed by atoms with Crippen LogP contribution in [-0.4, -0.2) is 181 Å². The summed E-state index contributed by atoms with van der Waals surface area (Å²) in [5, 5.41) is 23.9. The Balaban J connectivity index is 1.10. The monoisotopic (exact) mass is 1190 g/mol. The number of aromatic hydroxyl groups is 1. The number of carbonyl (C=O) groups is 2. The summed E-state index contributed by atoms with van der Waals surface area (Å²) in [5.41, 5.74) is 3.18. The van der Waals surface area contributed by atoms with Gasteiger partial charge in [0, 0.05) is 80.1 Å². The van der Waals surface area contributed by atoms with Gasteiger partial charge in [-0.05, 0) is 73.2 Å². The molecule has 1 aliphatic carbocycles. The molecule has 446 valence electrons. The second-order valence-electron chi connectivity index (χ2n) is 18.9. The highest BCUT2D eigenvalue weighted by molar-refractivity contribution is 6.37. The zero-order valence-electron chi connectivity index (χ0n) is 46.5. The number of fused-ring (bicyclic) bond motifs is 2. The third-order valence-electron chi connectivity index (χ3n) is 13.4. The Morgan fingerprint density at radius 2 is 1.19 bits per heavy atom. The Morgan fingerprint density at radius 1 is 0.630 bits per heavy atom. The van der Waals surface area contributed by atoms with Crippen molar-refractivity contribution in [1.29, 1.82) is 0 Å². The van der Waals surface area contributed by atoms with Gasteiger partial charge in [-0.3, -0.25) is 14.4 Å². The lowest BCUT2D eigenvalue weighted by Gasteiger charge is -2.28. The van der Waals surface area contributed by atoms with Gasteiger partial charge in [0.25, 0.3) is 0 Å². The number of benzene rings is 4. The number of alkyl halides is 1. The van der Waals surface area contributed by atoms with E-state index in [0.717, 1.165) is 49.4 Å². The highest BCUT2D eigenvalue weighted by Gasteiger charge is 2.28. The zero-order valence-corrected chi connectivity index (χ0v) is 48.8. The number of methoxy groups -OCH3 is 2. The molecule has 19 nitrogen and oxygen atoms in total. The molecular weight excluding hydrogens is 1110 g/mol. The predicted octanol–water partition coefficient (Wildman–Crippen LogP) is 8.92. The molecule has 0 atom stereocenters. The Kier molecular flexibility index (Phi) is 29.2. The molecule has 0 aromatic heterocycles. The van der Waals surface area contributed by atoms with Crippen LogP contribution in [0.15, 0.2) is 63.8 Å². The highest BCUT2D eigenvalue weighted by Crippen LogP contribution is 2.49. The highest BCUT2D eigenvalue weighted by atomic mass is 35.5. The molecule has 2 aliphatic heterocycles. The number of rotatable bonds is 32. The zero-order chi connectivity index (χ0) is 57.6. The molecule has 3 aliphatic rings. The van der Waals surface area contributed by atoms with Crippen LogP contribution in [0.5, 0.6) is 17.2 Å². The molecule has 0 spiro atoms. The Morgan fingerprint density at radius 3 is 1.79 bits per heavy atom. The maximum atomic E-state index is 13.6. The number of para-hydroxylation sites is 2. The van der Waals surface area contributed by atoms with Crippen molar-refractivity contribution in [2.24, 2.45) is 0 Å². The first kappa shape index (κ1) is 65.0. The molecule has 0 radical (unpaired) electrons. The van der Waals surface area contributed by atoms with Gasteiger partial charge in [0.2, 0.25) is 11.3 Å². The molecule has 1 amide bonds. The third-order valence-corrected chi connectivity index (χ3v) is 14.3. The second-order valence-corrected chi connectivity index (χ2v) is 20.0. The normalized spacial score (nSPS) is 14.0. The number of hydrogen-bond donors (Lipinski definition) is 3.